The summed E-state index contributed by atoms with van der Waals surface area (Å²) in [5.74, 6) is -1.25. The maximum absolute atomic E-state index is 13.7. The number of amides is 1. The van der Waals surface area contributed by atoms with E-state index < -0.39 is 23.7 Å². The van der Waals surface area contributed by atoms with Crippen LogP contribution in [0.5, 0.6) is 34.5 Å². The van der Waals surface area contributed by atoms with Gasteiger partial charge in [-0.25, -0.2) is 4.79 Å². The third-order valence-electron chi connectivity index (χ3n) is 8.53. The second kappa shape index (κ2) is 17.3. The van der Waals surface area contributed by atoms with E-state index in [2.05, 4.69) is 5.32 Å². The van der Waals surface area contributed by atoms with Crippen molar-refractivity contribution in [3.63, 3.8) is 0 Å². The Labute approximate surface area is 286 Å². The highest BCUT2D eigenvalue weighted by atomic mass is 16.5. The van der Waals surface area contributed by atoms with E-state index in [1.54, 1.807) is 50.5 Å². The average molecular weight is 676 g/mol. The lowest BCUT2D eigenvalue weighted by atomic mass is 9.84. The van der Waals surface area contributed by atoms with Gasteiger partial charge in [0.15, 0.2) is 11.5 Å². The Hall–Kier alpha value is -5.19. The van der Waals surface area contributed by atoms with Crippen LogP contribution in [0, 0.1) is 0 Å². The molecular weight excluding hydrogens is 630 g/mol. The Morgan fingerprint density at radius 1 is 0.939 bits per heavy atom. The van der Waals surface area contributed by atoms with Crippen LogP contribution in [-0.2, 0) is 20.9 Å². The van der Waals surface area contributed by atoms with Gasteiger partial charge >= 0.3 is 5.97 Å². The molecule has 0 spiro atoms. The topological polar surface area (TPSA) is 150 Å². The number of Topliss-reactive ketones (excluding diaryl/α,β-unsaturated/α-hetero) is 1. The molecule has 0 radical (unpaired) electrons. The molecule has 1 heterocycles. The maximum atomic E-state index is 13.7. The molecule has 3 aromatic rings. The molecule has 1 amide bonds. The van der Waals surface area contributed by atoms with Crippen molar-refractivity contribution in [3.05, 3.63) is 76.4 Å². The maximum Gasteiger partial charge on any atom is 0.342 e. The first kappa shape index (κ1) is 36.6. The molecule has 2 atom stereocenters. The van der Waals surface area contributed by atoms with Gasteiger partial charge < -0.3 is 39.2 Å². The number of methoxy groups -OCH3 is 4. The first-order chi connectivity index (χ1) is 23.6. The van der Waals surface area contributed by atoms with Gasteiger partial charge in [0.1, 0.15) is 28.6 Å². The third kappa shape index (κ3) is 9.25. The van der Waals surface area contributed by atoms with E-state index in [1.165, 1.54) is 27.4 Å². The number of carbonyl (C=O) groups is 3. The first-order valence-corrected chi connectivity index (χ1v) is 16.3. The predicted octanol–water partition coefficient (Wildman–Crippen LogP) is 6.45. The monoisotopic (exact) mass is 675 g/mol. The van der Waals surface area contributed by atoms with Crippen LogP contribution in [-0.4, -0.2) is 62.4 Å². The van der Waals surface area contributed by atoms with Crippen LogP contribution in [0.2, 0.25) is 0 Å². The molecule has 3 aromatic carbocycles. The molecule has 262 valence electrons. The van der Waals surface area contributed by atoms with Gasteiger partial charge in [-0.15, -0.1) is 0 Å². The Bertz CT molecular complexity index is 1640. The number of carbonyl (C=O) groups excluding carboxylic acids is 3. The van der Waals surface area contributed by atoms with Crippen molar-refractivity contribution < 1.29 is 48.3 Å². The molecule has 0 saturated heterocycles. The zero-order chi connectivity index (χ0) is 35.5. The molecule has 11 nitrogen and oxygen atoms in total. The number of ether oxygens (including phenoxy) is 5. The SMILES string of the molecule is COc1ccc(CNC(=O)CC(c2cc(OC)c(OC)c(OC)c2)c2c(O)cc3c(c2O)C(=O)O[C@@H](C)CCCC(=O)CCC/C=C/3)cc1. The predicted molar refractivity (Wildman–Crippen MR) is 184 cm³/mol. The molecular formula is C38H45NO10. The Morgan fingerprint density at radius 2 is 1.61 bits per heavy atom. The number of aromatic hydroxyl groups is 2. The van der Waals surface area contributed by atoms with Crippen LogP contribution in [0.15, 0.2) is 48.5 Å². The molecule has 3 N–H and O–H groups in total. The van der Waals surface area contributed by atoms with Gasteiger partial charge in [-0.05, 0) is 79.6 Å². The molecule has 0 aliphatic carbocycles. The molecule has 11 heteroatoms. The minimum Gasteiger partial charge on any atom is -0.507 e. The van der Waals surface area contributed by atoms with Crippen LogP contribution >= 0.6 is 0 Å². The van der Waals surface area contributed by atoms with Crippen LogP contribution in [0.25, 0.3) is 6.08 Å². The largest absolute Gasteiger partial charge is 0.507 e. The highest BCUT2D eigenvalue weighted by Gasteiger charge is 2.32. The van der Waals surface area contributed by atoms with E-state index in [9.17, 15) is 24.6 Å². The number of allylic oxidation sites excluding steroid dienone is 1. The number of benzene rings is 3. The number of cyclic esters (lactones) is 1. The van der Waals surface area contributed by atoms with E-state index in [1.807, 2.05) is 12.1 Å². The standard InChI is InChI=1S/C38H45NO10/c1-23-10-9-13-27(40)12-8-6-7-11-25-18-30(41)35(36(43)34(25)38(44)49-23)29(26-19-31(46-3)37(48-5)32(20-26)47-4)21-33(42)39-22-24-14-16-28(45-2)17-15-24/h7,11,14-20,23,29,41,43H,6,8-10,12-13,21-22H2,1-5H3,(H,39,42)/b11-7+/t23-,29?/m0/s1. The summed E-state index contributed by atoms with van der Waals surface area (Å²) in [5, 5.41) is 26.3. The molecule has 0 aromatic heterocycles. The highest BCUT2D eigenvalue weighted by Crippen LogP contribution is 2.47. The third-order valence-corrected chi connectivity index (χ3v) is 8.53. The lowest BCUT2D eigenvalue weighted by Crippen LogP contribution is -2.25. The number of phenols is 2. The Kier molecular flexibility index (Phi) is 12.9. The fourth-order valence-electron chi connectivity index (χ4n) is 5.91. The highest BCUT2D eigenvalue weighted by molar-refractivity contribution is 5.98. The molecule has 0 saturated carbocycles. The summed E-state index contributed by atoms with van der Waals surface area (Å²) in [6, 6.07) is 11.9. The van der Waals surface area contributed by atoms with Crippen LogP contribution in [0.3, 0.4) is 0 Å². The van der Waals surface area contributed by atoms with Gasteiger partial charge in [0.05, 0.1) is 34.5 Å². The number of rotatable bonds is 10. The second-order valence-corrected chi connectivity index (χ2v) is 11.9. The van der Waals surface area contributed by atoms with Gasteiger partial charge in [0, 0.05) is 37.3 Å². The number of ketones is 1. The smallest absolute Gasteiger partial charge is 0.342 e. The fraction of sp³-hybridized carbons (Fsp3) is 0.395. The van der Waals surface area contributed by atoms with E-state index in [-0.39, 0.29) is 47.1 Å². The minimum absolute atomic E-state index is 0.0441. The van der Waals surface area contributed by atoms with E-state index >= 15 is 0 Å². The quantitative estimate of drug-likeness (QED) is 0.205. The molecule has 1 aliphatic rings. The summed E-state index contributed by atoms with van der Waals surface area (Å²) in [6.45, 7) is 1.95. The number of fused-ring (bicyclic) bond motifs is 1. The number of hydrogen-bond donors (Lipinski definition) is 3. The van der Waals surface area contributed by atoms with E-state index in [0.29, 0.717) is 67.1 Å². The lowest BCUT2D eigenvalue weighted by Gasteiger charge is -2.24. The van der Waals surface area contributed by atoms with Gasteiger partial charge in [0.2, 0.25) is 11.7 Å². The summed E-state index contributed by atoms with van der Waals surface area (Å²) < 4.78 is 27.6. The van der Waals surface area contributed by atoms with Crippen LogP contribution < -0.4 is 24.3 Å². The second-order valence-electron chi connectivity index (χ2n) is 11.9. The van der Waals surface area contributed by atoms with Gasteiger partial charge in [-0.1, -0.05) is 24.3 Å². The van der Waals surface area contributed by atoms with Gasteiger partial charge in [-0.3, -0.25) is 9.59 Å². The summed E-state index contributed by atoms with van der Waals surface area (Å²) >= 11 is 0. The molecule has 1 aliphatic heterocycles. The lowest BCUT2D eigenvalue weighted by molar-refractivity contribution is -0.121. The number of phenolic OH excluding ortho intramolecular Hbond substituents is 2. The molecule has 49 heavy (non-hydrogen) atoms. The van der Waals surface area contributed by atoms with Gasteiger partial charge in [-0.2, -0.15) is 0 Å². The summed E-state index contributed by atoms with van der Waals surface area (Å²) in [4.78, 5) is 39.5. The minimum atomic E-state index is -0.983. The van der Waals surface area contributed by atoms with Crippen molar-refractivity contribution in [1.82, 2.24) is 5.32 Å². The van der Waals surface area contributed by atoms with E-state index in [4.69, 9.17) is 23.7 Å². The summed E-state index contributed by atoms with van der Waals surface area (Å²) in [7, 11) is 5.95. The van der Waals surface area contributed by atoms with Crippen molar-refractivity contribution >= 4 is 23.7 Å². The number of esters is 1. The zero-order valence-corrected chi connectivity index (χ0v) is 28.7. The van der Waals surface area contributed by atoms with Crippen LogP contribution in [0.1, 0.15) is 90.4 Å². The normalized spacial score (nSPS) is 16.7. The molecule has 0 bridgehead atoms. The number of nitrogens with one attached hydrogen (secondary N) is 1. The summed E-state index contributed by atoms with van der Waals surface area (Å²) in [6.07, 6.45) is 5.72. The first-order valence-electron chi connectivity index (χ1n) is 16.3. The number of hydrogen-bond acceptors (Lipinski definition) is 10. The van der Waals surface area contributed by atoms with Crippen molar-refractivity contribution in [2.45, 2.75) is 70.4 Å². The van der Waals surface area contributed by atoms with Crippen molar-refractivity contribution in [1.29, 1.82) is 0 Å². The summed E-state index contributed by atoms with van der Waals surface area (Å²) in [5.41, 5.74) is 1.34. The molecule has 0 fully saturated rings. The van der Waals surface area contributed by atoms with Crippen LogP contribution in [0.4, 0.5) is 0 Å². The zero-order valence-electron chi connectivity index (χ0n) is 28.7. The fourth-order valence-corrected chi connectivity index (χ4v) is 5.91. The van der Waals surface area contributed by atoms with Crippen molar-refractivity contribution in [2.24, 2.45) is 0 Å². The Balaban J connectivity index is 1.82. The van der Waals surface area contributed by atoms with Crippen molar-refractivity contribution in [2.75, 3.05) is 28.4 Å². The van der Waals surface area contributed by atoms with E-state index in [0.717, 1.165) is 5.56 Å². The average Bonchev–Trinajstić information content (AvgIpc) is 3.09. The Morgan fingerprint density at radius 3 is 2.24 bits per heavy atom. The molecule has 4 rings (SSSR count). The van der Waals surface area contributed by atoms with Gasteiger partial charge in [0.25, 0.3) is 0 Å². The van der Waals surface area contributed by atoms with Crippen molar-refractivity contribution in [3.8, 4) is 34.5 Å². The molecule has 1 unspecified atom stereocenters.